The molecule has 0 unspecified atom stereocenters. The molecule has 11 aromatic rings. The molecule has 0 aliphatic rings. The van der Waals surface area contributed by atoms with Crippen molar-refractivity contribution in [3.05, 3.63) is 164 Å². The van der Waals surface area contributed by atoms with Gasteiger partial charge in [0.1, 0.15) is 22.3 Å². The second-order valence-corrected chi connectivity index (χ2v) is 13.1. The van der Waals surface area contributed by atoms with E-state index >= 15 is 0 Å². The first-order valence-electron chi connectivity index (χ1n) is 17.0. The maximum absolute atomic E-state index is 6.14. The fourth-order valence-corrected chi connectivity index (χ4v) is 7.63. The molecule has 11 rings (SSSR count). The topological polar surface area (TPSA) is 57.0 Å². The van der Waals surface area contributed by atoms with Gasteiger partial charge in [-0.3, -0.25) is 4.57 Å². The summed E-state index contributed by atoms with van der Waals surface area (Å²) >= 11 is 0. The highest BCUT2D eigenvalue weighted by Crippen LogP contribution is 2.39. The minimum atomic E-state index is 0.632. The lowest BCUT2D eigenvalue weighted by Crippen LogP contribution is -2.00. The van der Waals surface area contributed by atoms with Crippen molar-refractivity contribution in [3.63, 3.8) is 0 Å². The molecule has 0 saturated heterocycles. The molecule has 238 valence electrons. The Balaban J connectivity index is 1.11. The highest BCUT2D eigenvalue weighted by molar-refractivity contribution is 6.13. The van der Waals surface area contributed by atoms with Crippen LogP contribution < -0.4 is 0 Å². The van der Waals surface area contributed by atoms with Gasteiger partial charge in [0, 0.05) is 50.3 Å². The van der Waals surface area contributed by atoms with E-state index < -0.39 is 0 Å². The molecule has 7 aromatic carbocycles. The van der Waals surface area contributed by atoms with Crippen molar-refractivity contribution in [1.29, 1.82) is 0 Å². The van der Waals surface area contributed by atoms with E-state index in [9.17, 15) is 0 Å². The second-order valence-electron chi connectivity index (χ2n) is 13.1. The van der Waals surface area contributed by atoms with Gasteiger partial charge in [-0.2, -0.15) is 0 Å². The zero-order chi connectivity index (χ0) is 33.5. The zero-order valence-corrected chi connectivity index (χ0v) is 27.2. The number of nitrogens with zero attached hydrogens (tertiary/aromatic N) is 3. The monoisotopic (exact) mass is 653 g/mol. The Morgan fingerprint density at radius 2 is 0.765 bits per heavy atom. The molecule has 0 radical (unpaired) electrons. The Labute approximate surface area is 291 Å². The van der Waals surface area contributed by atoms with Crippen molar-refractivity contribution in [2.45, 2.75) is 0 Å². The zero-order valence-electron chi connectivity index (χ0n) is 27.2. The van der Waals surface area contributed by atoms with Crippen molar-refractivity contribution in [3.8, 4) is 39.3 Å². The van der Waals surface area contributed by atoms with Crippen LogP contribution in [0.5, 0.6) is 0 Å². The average molecular weight is 654 g/mol. The number of benzene rings is 7. The maximum atomic E-state index is 6.14. The van der Waals surface area contributed by atoms with E-state index in [0.717, 1.165) is 99.1 Å². The Kier molecular flexibility index (Phi) is 5.89. The van der Waals surface area contributed by atoms with Gasteiger partial charge in [0.25, 0.3) is 0 Å². The van der Waals surface area contributed by atoms with Crippen molar-refractivity contribution in [1.82, 2.24) is 14.5 Å². The van der Waals surface area contributed by atoms with E-state index in [-0.39, 0.29) is 0 Å². The lowest BCUT2D eigenvalue weighted by atomic mass is 9.98. The molecule has 0 atom stereocenters. The minimum Gasteiger partial charge on any atom is -0.456 e. The standard InChI is InChI=1S/C46H27N3O2/c1-2-8-28(9-3-1)33-26-47-46(48-27-33)49-40-18-14-29(31-16-20-44-38(24-31)34-10-4-6-12-42(34)50-44)22-36(40)37-23-30(15-19-41(37)49)32-17-21-45-39(25-32)35-11-5-7-13-43(35)51-45/h1-27H. The van der Waals surface area contributed by atoms with E-state index in [1.165, 1.54) is 0 Å². The lowest BCUT2D eigenvalue weighted by Gasteiger charge is -2.08. The molecule has 0 spiro atoms. The Morgan fingerprint density at radius 1 is 0.333 bits per heavy atom. The smallest absolute Gasteiger partial charge is 0.234 e. The molecule has 0 aliphatic heterocycles. The predicted octanol–water partition coefficient (Wildman–Crippen LogP) is 12.4. The third-order valence-corrected chi connectivity index (χ3v) is 10.1. The molecule has 0 bridgehead atoms. The number of hydrogen-bond donors (Lipinski definition) is 0. The first-order chi connectivity index (χ1) is 25.2. The number of hydrogen-bond acceptors (Lipinski definition) is 4. The van der Waals surface area contributed by atoms with Gasteiger partial charge in [0.15, 0.2) is 0 Å². The number of rotatable bonds is 4. The van der Waals surface area contributed by atoms with Crippen LogP contribution in [-0.4, -0.2) is 14.5 Å². The molecule has 4 heterocycles. The SMILES string of the molecule is c1ccc(-c2cnc(-n3c4ccc(-c5ccc6oc7ccccc7c6c5)cc4c4cc(-c5ccc6oc7ccccc7c6c5)ccc43)nc2)cc1. The van der Waals surface area contributed by atoms with Crippen molar-refractivity contribution >= 4 is 65.7 Å². The summed E-state index contributed by atoms with van der Waals surface area (Å²) in [6.07, 6.45) is 3.82. The Hall–Kier alpha value is -6.98. The normalized spacial score (nSPS) is 11.9. The van der Waals surface area contributed by atoms with E-state index in [2.05, 4.69) is 114 Å². The molecule has 0 saturated carbocycles. The van der Waals surface area contributed by atoms with Gasteiger partial charge in [-0.05, 0) is 88.5 Å². The minimum absolute atomic E-state index is 0.632. The molecule has 5 heteroatoms. The molecule has 5 nitrogen and oxygen atoms in total. The molecule has 0 fully saturated rings. The fourth-order valence-electron chi connectivity index (χ4n) is 7.63. The van der Waals surface area contributed by atoms with Crippen LogP contribution in [0.4, 0.5) is 0 Å². The van der Waals surface area contributed by atoms with Gasteiger partial charge in [-0.1, -0.05) is 91.0 Å². The lowest BCUT2D eigenvalue weighted by molar-refractivity contribution is 0.668. The van der Waals surface area contributed by atoms with Gasteiger partial charge in [-0.15, -0.1) is 0 Å². The van der Waals surface area contributed by atoms with Crippen LogP contribution in [0, 0.1) is 0 Å². The van der Waals surface area contributed by atoms with Crippen LogP contribution >= 0.6 is 0 Å². The van der Waals surface area contributed by atoms with Crippen LogP contribution in [-0.2, 0) is 0 Å². The summed E-state index contributed by atoms with van der Waals surface area (Å²) < 4.78 is 14.4. The number of para-hydroxylation sites is 2. The highest BCUT2D eigenvalue weighted by Gasteiger charge is 2.18. The summed E-state index contributed by atoms with van der Waals surface area (Å²) in [5.74, 6) is 0.632. The quantitative estimate of drug-likeness (QED) is 0.190. The summed E-state index contributed by atoms with van der Waals surface area (Å²) in [5.41, 5.74) is 12.3. The molecule has 4 aromatic heterocycles. The van der Waals surface area contributed by atoms with Crippen LogP contribution in [0.3, 0.4) is 0 Å². The Bertz CT molecular complexity index is 2960. The average Bonchev–Trinajstić information content (AvgIpc) is 3.86. The summed E-state index contributed by atoms with van der Waals surface area (Å²) in [5, 5.41) is 6.73. The van der Waals surface area contributed by atoms with Crippen LogP contribution in [0.25, 0.3) is 105 Å². The number of furan rings is 2. The second kappa shape index (κ2) is 10.8. The maximum Gasteiger partial charge on any atom is 0.234 e. The first-order valence-corrected chi connectivity index (χ1v) is 17.0. The molecule has 51 heavy (non-hydrogen) atoms. The first kappa shape index (κ1) is 27.9. The van der Waals surface area contributed by atoms with Crippen molar-refractivity contribution in [2.75, 3.05) is 0 Å². The molecular weight excluding hydrogens is 627 g/mol. The third-order valence-electron chi connectivity index (χ3n) is 10.1. The molecular formula is C46H27N3O2. The van der Waals surface area contributed by atoms with Crippen molar-refractivity contribution in [2.24, 2.45) is 0 Å². The summed E-state index contributed by atoms with van der Waals surface area (Å²) in [4.78, 5) is 9.81. The van der Waals surface area contributed by atoms with E-state index in [1.807, 2.05) is 54.9 Å². The largest absolute Gasteiger partial charge is 0.456 e. The molecule has 0 amide bonds. The summed E-state index contributed by atoms with van der Waals surface area (Å²) in [6.45, 7) is 0. The number of fused-ring (bicyclic) bond motifs is 9. The number of aromatic nitrogens is 3. The fraction of sp³-hybridized carbons (Fsp3) is 0. The summed E-state index contributed by atoms with van der Waals surface area (Å²) in [7, 11) is 0. The van der Waals surface area contributed by atoms with Gasteiger partial charge in [-0.25, -0.2) is 9.97 Å². The third kappa shape index (κ3) is 4.35. The van der Waals surface area contributed by atoms with Crippen LogP contribution in [0.2, 0.25) is 0 Å². The van der Waals surface area contributed by atoms with E-state index in [0.29, 0.717) is 5.95 Å². The molecule has 0 aliphatic carbocycles. The predicted molar refractivity (Wildman–Crippen MR) is 207 cm³/mol. The van der Waals surface area contributed by atoms with Crippen molar-refractivity contribution < 1.29 is 8.83 Å². The highest BCUT2D eigenvalue weighted by atomic mass is 16.3. The molecule has 0 N–H and O–H groups in total. The van der Waals surface area contributed by atoms with Gasteiger partial charge >= 0.3 is 0 Å². The Morgan fingerprint density at radius 3 is 1.29 bits per heavy atom. The van der Waals surface area contributed by atoms with E-state index in [4.69, 9.17) is 18.8 Å². The summed E-state index contributed by atoms with van der Waals surface area (Å²) in [6, 6.07) is 53.0. The van der Waals surface area contributed by atoms with Crippen LogP contribution in [0.1, 0.15) is 0 Å². The van der Waals surface area contributed by atoms with Gasteiger partial charge < -0.3 is 8.83 Å². The van der Waals surface area contributed by atoms with Gasteiger partial charge in [0.05, 0.1) is 11.0 Å². The van der Waals surface area contributed by atoms with Crippen LogP contribution in [0.15, 0.2) is 173 Å². The van der Waals surface area contributed by atoms with E-state index in [1.54, 1.807) is 0 Å². The van der Waals surface area contributed by atoms with Gasteiger partial charge in [0.2, 0.25) is 5.95 Å².